The van der Waals surface area contributed by atoms with Crippen LogP contribution in [0, 0.1) is 13.8 Å². The van der Waals surface area contributed by atoms with Crippen LogP contribution >= 0.6 is 0 Å². The Balaban J connectivity index is 0.000000481. The van der Waals surface area contributed by atoms with Crippen LogP contribution in [0.25, 0.3) is 11.0 Å². The van der Waals surface area contributed by atoms with E-state index in [1.807, 2.05) is 60.9 Å². The smallest absolute Gasteiger partial charge is 0.414 e. The van der Waals surface area contributed by atoms with Gasteiger partial charge in [0.25, 0.3) is 0 Å². The number of carboxylic acids is 2. The second-order valence-electron chi connectivity index (χ2n) is 7.54. The van der Waals surface area contributed by atoms with Crippen LogP contribution in [-0.4, -0.2) is 44.1 Å². The van der Waals surface area contributed by atoms with Gasteiger partial charge in [-0.1, -0.05) is 30.3 Å². The summed E-state index contributed by atoms with van der Waals surface area (Å²) in [6.45, 7) is 5.46. The molecule has 0 bridgehead atoms. The van der Waals surface area contributed by atoms with Gasteiger partial charge in [-0.2, -0.15) is 0 Å². The molecular weight excluding hydrogens is 436 g/mol. The van der Waals surface area contributed by atoms with Crippen LogP contribution in [0.2, 0.25) is 0 Å². The van der Waals surface area contributed by atoms with Crippen LogP contribution in [0.1, 0.15) is 27.0 Å². The van der Waals surface area contributed by atoms with Crippen molar-refractivity contribution in [2.24, 2.45) is 0 Å². The van der Waals surface area contributed by atoms with E-state index in [2.05, 4.69) is 35.5 Å². The Morgan fingerprint density at radius 2 is 1.44 bits per heavy atom. The average molecular weight is 460 g/mol. The number of carbonyl (C=O) groups is 3. The molecule has 0 saturated carbocycles. The van der Waals surface area contributed by atoms with Gasteiger partial charge in [0.05, 0.1) is 23.9 Å². The summed E-state index contributed by atoms with van der Waals surface area (Å²) in [5.41, 5.74) is 5.98. The van der Waals surface area contributed by atoms with E-state index in [4.69, 9.17) is 24.5 Å². The van der Waals surface area contributed by atoms with Gasteiger partial charge in [-0.25, -0.2) is 14.6 Å². The van der Waals surface area contributed by atoms with Gasteiger partial charge in [0.2, 0.25) is 0 Å². The third kappa shape index (κ3) is 6.07. The molecule has 0 saturated heterocycles. The van der Waals surface area contributed by atoms with E-state index < -0.39 is 11.9 Å². The minimum absolute atomic E-state index is 0.0164. The molecule has 0 amide bonds. The van der Waals surface area contributed by atoms with Gasteiger partial charge in [0.15, 0.2) is 5.78 Å². The van der Waals surface area contributed by atoms with E-state index in [0.717, 1.165) is 16.8 Å². The summed E-state index contributed by atoms with van der Waals surface area (Å²) in [6.07, 6.45) is 1.86. The van der Waals surface area contributed by atoms with Gasteiger partial charge in [0.1, 0.15) is 12.4 Å². The predicted octanol–water partition coefficient (Wildman–Crippen LogP) is 4.12. The molecule has 8 heteroatoms. The SMILES string of the molecule is Cc1cc2ncn(CCOc3ccc(C(=O)c4ccccc4)cc3)c2cc1C.O=C(O)C(=O)O. The van der Waals surface area contributed by atoms with E-state index in [0.29, 0.717) is 24.3 Å². The fourth-order valence-corrected chi connectivity index (χ4v) is 3.21. The third-order valence-corrected chi connectivity index (χ3v) is 5.17. The van der Waals surface area contributed by atoms with E-state index in [9.17, 15) is 4.79 Å². The van der Waals surface area contributed by atoms with E-state index >= 15 is 0 Å². The van der Waals surface area contributed by atoms with Crippen LogP contribution < -0.4 is 4.74 Å². The Morgan fingerprint density at radius 3 is 2.06 bits per heavy atom. The van der Waals surface area contributed by atoms with Crippen molar-refractivity contribution < 1.29 is 29.3 Å². The number of ether oxygens (including phenoxy) is 1. The first-order chi connectivity index (χ1) is 16.3. The van der Waals surface area contributed by atoms with Crippen molar-refractivity contribution in [3.8, 4) is 5.75 Å². The first-order valence-electron chi connectivity index (χ1n) is 10.5. The number of aliphatic carboxylic acids is 2. The quantitative estimate of drug-likeness (QED) is 0.328. The molecule has 0 atom stereocenters. The summed E-state index contributed by atoms with van der Waals surface area (Å²) in [6, 6.07) is 20.9. The number of ketones is 1. The third-order valence-electron chi connectivity index (χ3n) is 5.17. The van der Waals surface area contributed by atoms with Crippen molar-refractivity contribution in [2.45, 2.75) is 20.4 Å². The van der Waals surface area contributed by atoms with Gasteiger partial charge < -0.3 is 19.5 Å². The second kappa shape index (κ2) is 10.9. The van der Waals surface area contributed by atoms with E-state index in [1.54, 1.807) is 0 Å². The number of benzene rings is 3. The molecule has 0 radical (unpaired) electrons. The highest BCUT2D eigenvalue weighted by Crippen LogP contribution is 2.19. The fraction of sp³-hybridized carbons (Fsp3) is 0.154. The molecule has 4 rings (SSSR count). The lowest BCUT2D eigenvalue weighted by Crippen LogP contribution is -2.09. The average Bonchev–Trinajstić information content (AvgIpc) is 3.21. The minimum Gasteiger partial charge on any atom is -0.492 e. The molecule has 0 fully saturated rings. The van der Waals surface area contributed by atoms with E-state index in [1.165, 1.54) is 11.1 Å². The van der Waals surface area contributed by atoms with Gasteiger partial charge in [0, 0.05) is 11.1 Å². The minimum atomic E-state index is -1.82. The highest BCUT2D eigenvalue weighted by atomic mass is 16.5. The maximum atomic E-state index is 12.5. The number of carbonyl (C=O) groups excluding carboxylic acids is 1. The maximum absolute atomic E-state index is 12.5. The highest BCUT2D eigenvalue weighted by molar-refractivity contribution is 6.27. The van der Waals surface area contributed by atoms with Crippen molar-refractivity contribution >= 4 is 28.8 Å². The lowest BCUT2D eigenvalue weighted by atomic mass is 10.0. The first-order valence-corrected chi connectivity index (χ1v) is 10.5. The van der Waals surface area contributed by atoms with Crippen LogP contribution in [0.15, 0.2) is 73.1 Å². The first kappa shape index (κ1) is 24.2. The summed E-state index contributed by atoms with van der Waals surface area (Å²) < 4.78 is 7.97. The zero-order valence-corrected chi connectivity index (χ0v) is 18.8. The summed E-state index contributed by atoms with van der Waals surface area (Å²) in [7, 11) is 0. The molecule has 1 aromatic heterocycles. The van der Waals surface area contributed by atoms with Crippen LogP contribution in [0.3, 0.4) is 0 Å². The lowest BCUT2D eigenvalue weighted by Gasteiger charge is -2.09. The van der Waals surface area contributed by atoms with Gasteiger partial charge in [-0.3, -0.25) is 4.79 Å². The van der Waals surface area contributed by atoms with Crippen molar-refractivity contribution in [3.63, 3.8) is 0 Å². The molecule has 34 heavy (non-hydrogen) atoms. The Bertz CT molecular complexity index is 1300. The summed E-state index contributed by atoms with van der Waals surface area (Å²) in [5, 5.41) is 14.8. The number of rotatable bonds is 6. The number of imidazole rings is 1. The zero-order valence-electron chi connectivity index (χ0n) is 18.8. The molecule has 2 N–H and O–H groups in total. The standard InChI is InChI=1S/C24H22N2O2.C2H2O4/c1-17-14-22-23(15-18(17)2)26(16-25-22)12-13-28-21-10-8-20(9-11-21)24(27)19-6-4-3-5-7-19;3-1(4)2(5)6/h3-11,14-16H,12-13H2,1-2H3;(H,3,4)(H,5,6). The van der Waals surface area contributed by atoms with Crippen LogP contribution in [0.4, 0.5) is 0 Å². The number of carboxylic acid groups (broad SMARTS) is 2. The largest absolute Gasteiger partial charge is 0.492 e. The monoisotopic (exact) mass is 460 g/mol. The van der Waals surface area contributed by atoms with Crippen LogP contribution in [-0.2, 0) is 16.1 Å². The molecule has 3 aromatic carbocycles. The fourth-order valence-electron chi connectivity index (χ4n) is 3.21. The Kier molecular flexibility index (Phi) is 7.76. The van der Waals surface area contributed by atoms with Crippen molar-refractivity contribution in [2.75, 3.05) is 6.61 Å². The van der Waals surface area contributed by atoms with Gasteiger partial charge in [-0.15, -0.1) is 0 Å². The molecule has 0 aliphatic carbocycles. The highest BCUT2D eigenvalue weighted by Gasteiger charge is 2.09. The molecule has 0 aliphatic rings. The topological polar surface area (TPSA) is 119 Å². The van der Waals surface area contributed by atoms with Gasteiger partial charge in [-0.05, 0) is 61.4 Å². The maximum Gasteiger partial charge on any atom is 0.414 e. The number of hydrogen-bond donors (Lipinski definition) is 2. The molecule has 174 valence electrons. The molecule has 4 aromatic rings. The Hall–Kier alpha value is -4.46. The Labute approximate surface area is 196 Å². The van der Waals surface area contributed by atoms with Crippen LogP contribution in [0.5, 0.6) is 5.75 Å². The summed E-state index contributed by atoms with van der Waals surface area (Å²) in [5.74, 6) is -2.88. The molecule has 1 heterocycles. The normalized spacial score (nSPS) is 10.3. The van der Waals surface area contributed by atoms with Gasteiger partial charge >= 0.3 is 11.9 Å². The number of hydrogen-bond acceptors (Lipinski definition) is 5. The molecule has 0 unspecified atom stereocenters. The zero-order chi connectivity index (χ0) is 24.7. The second-order valence-corrected chi connectivity index (χ2v) is 7.54. The number of fused-ring (bicyclic) bond motifs is 1. The van der Waals surface area contributed by atoms with E-state index in [-0.39, 0.29) is 5.78 Å². The predicted molar refractivity (Wildman–Crippen MR) is 126 cm³/mol. The number of nitrogens with zero attached hydrogens (tertiary/aromatic N) is 2. The number of aromatic nitrogens is 2. The molecule has 0 aliphatic heterocycles. The molecular formula is C26H24N2O6. The van der Waals surface area contributed by atoms with Crippen molar-refractivity contribution in [3.05, 3.63) is 95.3 Å². The summed E-state index contributed by atoms with van der Waals surface area (Å²) in [4.78, 5) is 35.1. The van der Waals surface area contributed by atoms with Crippen molar-refractivity contribution in [1.82, 2.24) is 9.55 Å². The molecule has 0 spiro atoms. The summed E-state index contributed by atoms with van der Waals surface area (Å²) >= 11 is 0. The Morgan fingerprint density at radius 1 is 0.853 bits per heavy atom. The van der Waals surface area contributed by atoms with Crippen molar-refractivity contribution in [1.29, 1.82) is 0 Å². The molecule has 8 nitrogen and oxygen atoms in total. The number of aryl methyl sites for hydroxylation is 2. The lowest BCUT2D eigenvalue weighted by molar-refractivity contribution is -0.159.